The minimum absolute atomic E-state index is 0.000929. The number of aryl methyl sites for hydroxylation is 2. The molecule has 26 heavy (non-hydrogen) atoms. The van der Waals surface area contributed by atoms with Crippen LogP contribution in [0.15, 0.2) is 36.4 Å². The minimum atomic E-state index is -1.15. The highest BCUT2D eigenvalue weighted by atomic mass is 16.9. The van der Waals surface area contributed by atoms with Gasteiger partial charge in [-0.25, -0.2) is 4.79 Å². The van der Waals surface area contributed by atoms with Crippen LogP contribution in [0, 0.1) is 17.0 Å². The molecule has 0 unspecified atom stereocenters. The molecule has 0 spiro atoms. The molecule has 0 aliphatic carbocycles. The Morgan fingerprint density at radius 2 is 1.81 bits per heavy atom. The maximum absolute atomic E-state index is 12.6. The van der Waals surface area contributed by atoms with Crippen molar-refractivity contribution >= 4 is 17.6 Å². The van der Waals surface area contributed by atoms with Gasteiger partial charge in [-0.3, -0.25) is 4.79 Å². The van der Waals surface area contributed by atoms with Crippen molar-refractivity contribution in [1.82, 2.24) is 0 Å². The molecule has 136 valence electrons. The molecule has 1 amide bonds. The molecular weight excluding hydrogens is 340 g/mol. The largest absolute Gasteiger partial charge is 0.478 e. The number of aromatic carboxylic acids is 1. The number of hydrogen-bond acceptors (Lipinski definition) is 5. The topological polar surface area (TPSA) is 119 Å². The molecule has 0 bridgehead atoms. The fraction of sp³-hybridized carbons (Fsp3) is 0.222. The third kappa shape index (κ3) is 4.35. The molecule has 0 aliphatic heterocycles. The summed E-state index contributed by atoms with van der Waals surface area (Å²) in [7, 11) is 0. The van der Waals surface area contributed by atoms with Gasteiger partial charge in [-0.2, -0.15) is 0 Å². The summed E-state index contributed by atoms with van der Waals surface area (Å²) in [6.07, 6.45) is 0.493. The Hall–Kier alpha value is -3.42. The molecule has 2 aromatic carbocycles. The van der Waals surface area contributed by atoms with Crippen LogP contribution in [-0.4, -0.2) is 22.1 Å². The molecule has 0 fully saturated rings. The molecule has 0 aliphatic rings. The van der Waals surface area contributed by atoms with Crippen LogP contribution in [0.1, 0.15) is 44.3 Å². The first kappa shape index (κ1) is 18.9. The summed E-state index contributed by atoms with van der Waals surface area (Å²) in [6.45, 7) is 3.31. The highest BCUT2D eigenvalue weighted by Gasteiger charge is 2.22. The van der Waals surface area contributed by atoms with Gasteiger partial charge in [0.15, 0.2) is 0 Å². The van der Waals surface area contributed by atoms with Gasteiger partial charge in [-0.1, -0.05) is 31.2 Å². The maximum atomic E-state index is 12.6. The van der Waals surface area contributed by atoms with Gasteiger partial charge in [0.2, 0.25) is 0 Å². The Kier molecular flexibility index (Phi) is 5.90. The second-order valence-corrected chi connectivity index (χ2v) is 5.60. The van der Waals surface area contributed by atoms with Gasteiger partial charge in [-0.05, 0) is 42.2 Å². The molecule has 0 aromatic heterocycles. The van der Waals surface area contributed by atoms with Gasteiger partial charge in [-0.15, -0.1) is 10.1 Å². The Morgan fingerprint density at radius 1 is 1.15 bits per heavy atom. The third-order valence-electron chi connectivity index (χ3n) is 3.87. The SMILES string of the molecule is CCc1ccc(C)c(C(=O)Nc2ccc(CO[N+](=O)[O-])cc2)c1C(=O)O. The fourth-order valence-corrected chi connectivity index (χ4v) is 2.59. The second kappa shape index (κ2) is 8.11. The number of nitrogens with zero attached hydrogens (tertiary/aromatic N) is 1. The number of benzene rings is 2. The van der Waals surface area contributed by atoms with Gasteiger partial charge in [0.25, 0.3) is 11.0 Å². The average Bonchev–Trinajstić information content (AvgIpc) is 2.60. The van der Waals surface area contributed by atoms with Crippen molar-refractivity contribution in [2.45, 2.75) is 26.9 Å². The van der Waals surface area contributed by atoms with E-state index in [9.17, 15) is 24.8 Å². The van der Waals surface area contributed by atoms with E-state index in [1.165, 1.54) is 0 Å². The number of rotatable bonds is 7. The van der Waals surface area contributed by atoms with Crippen molar-refractivity contribution in [3.63, 3.8) is 0 Å². The van der Waals surface area contributed by atoms with E-state index >= 15 is 0 Å². The molecule has 0 radical (unpaired) electrons. The van der Waals surface area contributed by atoms with Crippen LogP contribution in [0.25, 0.3) is 0 Å². The van der Waals surface area contributed by atoms with E-state index in [1.807, 2.05) is 6.92 Å². The van der Waals surface area contributed by atoms with Crippen molar-refractivity contribution in [3.05, 3.63) is 74.3 Å². The summed E-state index contributed by atoms with van der Waals surface area (Å²) in [4.78, 5) is 38.7. The normalized spacial score (nSPS) is 10.2. The lowest BCUT2D eigenvalue weighted by molar-refractivity contribution is -0.763. The van der Waals surface area contributed by atoms with Crippen molar-refractivity contribution in [1.29, 1.82) is 0 Å². The van der Waals surface area contributed by atoms with E-state index in [2.05, 4.69) is 10.2 Å². The number of carbonyl (C=O) groups is 2. The molecule has 0 saturated carbocycles. The number of carboxylic acid groups (broad SMARTS) is 1. The number of amides is 1. The van der Waals surface area contributed by atoms with E-state index < -0.39 is 17.0 Å². The third-order valence-corrected chi connectivity index (χ3v) is 3.87. The van der Waals surface area contributed by atoms with Crippen molar-refractivity contribution in [2.24, 2.45) is 0 Å². The van der Waals surface area contributed by atoms with E-state index in [1.54, 1.807) is 43.3 Å². The summed E-state index contributed by atoms with van der Waals surface area (Å²) in [5.74, 6) is -1.67. The summed E-state index contributed by atoms with van der Waals surface area (Å²) < 4.78 is 0. The first-order valence-electron chi connectivity index (χ1n) is 7.86. The van der Waals surface area contributed by atoms with Gasteiger partial charge in [0.05, 0.1) is 11.1 Å². The van der Waals surface area contributed by atoms with Crippen LogP contribution in [0.2, 0.25) is 0 Å². The van der Waals surface area contributed by atoms with E-state index in [-0.39, 0.29) is 17.7 Å². The molecule has 0 saturated heterocycles. The van der Waals surface area contributed by atoms with Crippen LogP contribution >= 0.6 is 0 Å². The molecule has 2 N–H and O–H groups in total. The van der Waals surface area contributed by atoms with Crippen molar-refractivity contribution in [3.8, 4) is 0 Å². The summed E-state index contributed by atoms with van der Waals surface area (Å²) in [5, 5.41) is 21.5. The zero-order chi connectivity index (χ0) is 19.3. The minimum Gasteiger partial charge on any atom is -0.478 e. The number of carboxylic acids is 1. The molecule has 8 nitrogen and oxygen atoms in total. The van der Waals surface area contributed by atoms with Crippen LogP contribution in [0.4, 0.5) is 5.69 Å². The first-order valence-corrected chi connectivity index (χ1v) is 7.86. The van der Waals surface area contributed by atoms with Gasteiger partial charge in [0, 0.05) is 5.69 Å². The number of anilines is 1. The number of nitrogens with one attached hydrogen (secondary N) is 1. The summed E-state index contributed by atoms with van der Waals surface area (Å²) in [6, 6.07) is 9.71. The quantitative estimate of drug-likeness (QED) is 0.579. The molecular formula is C18H18N2O6. The highest BCUT2D eigenvalue weighted by molar-refractivity contribution is 6.12. The lowest BCUT2D eigenvalue weighted by atomic mass is 9.94. The Morgan fingerprint density at radius 3 is 2.35 bits per heavy atom. The first-order chi connectivity index (χ1) is 12.3. The van der Waals surface area contributed by atoms with Crippen LogP contribution in [0.5, 0.6) is 0 Å². The standard InChI is InChI=1S/C18H18N2O6/c1-3-13-7-4-11(2)15(16(13)18(22)23)17(21)19-14-8-5-12(6-9-14)10-26-20(24)25/h4-9H,3,10H2,1-2H3,(H,19,21)(H,22,23). The number of carbonyl (C=O) groups excluding carboxylic acids is 1. The van der Waals surface area contributed by atoms with Crippen LogP contribution < -0.4 is 5.32 Å². The van der Waals surface area contributed by atoms with E-state index in [0.29, 0.717) is 28.8 Å². The van der Waals surface area contributed by atoms with E-state index in [4.69, 9.17) is 0 Å². The highest BCUT2D eigenvalue weighted by Crippen LogP contribution is 2.22. The van der Waals surface area contributed by atoms with Gasteiger partial charge in [0.1, 0.15) is 6.61 Å². The molecule has 8 heteroatoms. The predicted octanol–water partition coefficient (Wildman–Crippen LogP) is 3.22. The van der Waals surface area contributed by atoms with Gasteiger partial charge < -0.3 is 15.3 Å². The predicted molar refractivity (Wildman–Crippen MR) is 93.7 cm³/mol. The second-order valence-electron chi connectivity index (χ2n) is 5.60. The smallest absolute Gasteiger partial charge is 0.336 e. The lowest BCUT2D eigenvalue weighted by Gasteiger charge is -2.14. The zero-order valence-electron chi connectivity index (χ0n) is 14.3. The zero-order valence-corrected chi connectivity index (χ0v) is 14.3. The molecule has 2 rings (SSSR count). The summed E-state index contributed by atoms with van der Waals surface area (Å²) in [5.41, 5.74) is 2.28. The summed E-state index contributed by atoms with van der Waals surface area (Å²) >= 11 is 0. The molecule has 0 atom stereocenters. The van der Waals surface area contributed by atoms with Crippen LogP contribution in [-0.2, 0) is 17.9 Å². The monoisotopic (exact) mass is 358 g/mol. The maximum Gasteiger partial charge on any atom is 0.336 e. The average molecular weight is 358 g/mol. The molecule has 2 aromatic rings. The van der Waals surface area contributed by atoms with Crippen LogP contribution in [0.3, 0.4) is 0 Å². The Balaban J connectivity index is 2.25. The lowest BCUT2D eigenvalue weighted by Crippen LogP contribution is -2.19. The fourth-order valence-electron chi connectivity index (χ4n) is 2.59. The van der Waals surface area contributed by atoms with Gasteiger partial charge >= 0.3 is 5.97 Å². The van der Waals surface area contributed by atoms with Crippen molar-refractivity contribution in [2.75, 3.05) is 5.32 Å². The van der Waals surface area contributed by atoms with E-state index in [0.717, 1.165) is 0 Å². The molecule has 0 heterocycles. The van der Waals surface area contributed by atoms with Crippen molar-refractivity contribution < 1.29 is 24.6 Å². The Bertz CT molecular complexity index is 846. The number of hydrogen-bond donors (Lipinski definition) is 2. The Labute approximate surface area is 149 Å².